The first kappa shape index (κ1) is 17.7. The van der Waals surface area contributed by atoms with Gasteiger partial charge in [-0.25, -0.2) is 4.39 Å². The highest BCUT2D eigenvalue weighted by Crippen LogP contribution is 2.06. The van der Waals surface area contributed by atoms with Crippen LogP contribution in [-0.2, 0) is 6.54 Å². The molecule has 0 aromatic heterocycles. The van der Waals surface area contributed by atoms with Gasteiger partial charge in [-0.15, -0.1) is 0 Å². The zero-order chi connectivity index (χ0) is 17.4. The quantitative estimate of drug-likeness (QED) is 0.766. The van der Waals surface area contributed by atoms with Crippen molar-refractivity contribution in [3.63, 3.8) is 0 Å². The van der Waals surface area contributed by atoms with Crippen LogP contribution in [-0.4, -0.2) is 18.4 Å². The van der Waals surface area contributed by atoms with E-state index in [1.54, 1.807) is 36.4 Å². The third-order valence-electron chi connectivity index (χ3n) is 3.59. The smallest absolute Gasteiger partial charge is 0.251 e. The summed E-state index contributed by atoms with van der Waals surface area (Å²) in [6, 6.07) is 12.5. The second-order valence-corrected chi connectivity index (χ2v) is 5.50. The molecule has 0 fully saturated rings. The third-order valence-corrected chi connectivity index (χ3v) is 3.59. The lowest BCUT2D eigenvalue weighted by atomic mass is 10.1. The van der Waals surface area contributed by atoms with Crippen molar-refractivity contribution in [3.05, 3.63) is 71.0 Å². The molecule has 0 heterocycles. The molecule has 24 heavy (non-hydrogen) atoms. The van der Waals surface area contributed by atoms with E-state index in [2.05, 4.69) is 17.6 Å². The van der Waals surface area contributed by atoms with E-state index < -0.39 is 0 Å². The molecule has 2 amide bonds. The summed E-state index contributed by atoms with van der Waals surface area (Å²) in [5.74, 6) is -0.683. The predicted octanol–water partition coefficient (Wildman–Crippen LogP) is 3.29. The molecule has 0 unspecified atom stereocenters. The van der Waals surface area contributed by atoms with Crippen LogP contribution >= 0.6 is 0 Å². The molecular weight excluding hydrogens is 307 g/mol. The number of rotatable bonds is 7. The van der Waals surface area contributed by atoms with Gasteiger partial charge in [-0.05, 0) is 48.4 Å². The van der Waals surface area contributed by atoms with Crippen LogP contribution in [0.2, 0.25) is 0 Å². The van der Waals surface area contributed by atoms with E-state index in [-0.39, 0.29) is 17.6 Å². The van der Waals surface area contributed by atoms with Crippen molar-refractivity contribution in [2.75, 3.05) is 6.54 Å². The largest absolute Gasteiger partial charge is 0.352 e. The summed E-state index contributed by atoms with van der Waals surface area (Å²) in [5.41, 5.74) is 1.82. The first-order valence-electron chi connectivity index (χ1n) is 8.01. The summed E-state index contributed by atoms with van der Waals surface area (Å²) in [4.78, 5) is 24.0. The van der Waals surface area contributed by atoms with Crippen LogP contribution in [0.1, 0.15) is 46.0 Å². The summed E-state index contributed by atoms with van der Waals surface area (Å²) in [6.45, 7) is 3.03. The van der Waals surface area contributed by atoms with Crippen LogP contribution in [0.15, 0.2) is 48.5 Å². The fourth-order valence-corrected chi connectivity index (χ4v) is 2.14. The van der Waals surface area contributed by atoms with E-state index >= 15 is 0 Å². The molecule has 0 aliphatic rings. The van der Waals surface area contributed by atoms with Crippen molar-refractivity contribution in [1.29, 1.82) is 0 Å². The standard InChI is InChI=1S/C19H21FN2O2/c1-2-3-12-21-18(23)15-6-8-16(9-7-15)19(24)22-13-14-4-10-17(20)11-5-14/h4-11H,2-3,12-13H2,1H3,(H,21,23)(H,22,24). The summed E-state index contributed by atoms with van der Waals surface area (Å²) >= 11 is 0. The fraction of sp³-hybridized carbons (Fsp3) is 0.263. The molecule has 2 rings (SSSR count). The number of carbonyl (C=O) groups is 2. The molecule has 2 aromatic carbocycles. The van der Waals surface area contributed by atoms with Crippen LogP contribution in [0.4, 0.5) is 4.39 Å². The molecule has 0 aliphatic carbocycles. The van der Waals surface area contributed by atoms with E-state index in [1.807, 2.05) is 0 Å². The number of nitrogens with one attached hydrogen (secondary N) is 2. The molecule has 0 saturated heterocycles. The lowest BCUT2D eigenvalue weighted by Gasteiger charge is -2.07. The Balaban J connectivity index is 1.88. The number of benzene rings is 2. The Hall–Kier alpha value is -2.69. The molecule has 5 heteroatoms. The number of carbonyl (C=O) groups excluding carboxylic acids is 2. The highest BCUT2D eigenvalue weighted by atomic mass is 19.1. The van der Waals surface area contributed by atoms with Gasteiger partial charge in [0.2, 0.25) is 0 Å². The van der Waals surface area contributed by atoms with Gasteiger partial charge in [0.1, 0.15) is 5.82 Å². The summed E-state index contributed by atoms with van der Waals surface area (Å²) in [6.07, 6.45) is 1.96. The van der Waals surface area contributed by atoms with E-state index in [0.717, 1.165) is 18.4 Å². The molecule has 0 saturated carbocycles. The lowest BCUT2D eigenvalue weighted by Crippen LogP contribution is -2.25. The molecule has 0 radical (unpaired) electrons. The molecule has 0 atom stereocenters. The molecule has 0 aliphatic heterocycles. The zero-order valence-corrected chi connectivity index (χ0v) is 13.6. The van der Waals surface area contributed by atoms with Crippen LogP contribution in [0.25, 0.3) is 0 Å². The van der Waals surface area contributed by atoms with Gasteiger partial charge in [-0.1, -0.05) is 25.5 Å². The van der Waals surface area contributed by atoms with Crippen molar-refractivity contribution in [1.82, 2.24) is 10.6 Å². The van der Waals surface area contributed by atoms with E-state index in [9.17, 15) is 14.0 Å². The normalized spacial score (nSPS) is 10.2. The minimum absolute atomic E-state index is 0.137. The zero-order valence-electron chi connectivity index (χ0n) is 13.6. The number of hydrogen-bond acceptors (Lipinski definition) is 2. The van der Waals surface area contributed by atoms with Gasteiger partial charge in [0.15, 0.2) is 0 Å². The molecule has 126 valence electrons. The maximum atomic E-state index is 12.8. The van der Waals surface area contributed by atoms with Crippen LogP contribution < -0.4 is 10.6 Å². The summed E-state index contributed by atoms with van der Waals surface area (Å²) < 4.78 is 12.8. The van der Waals surface area contributed by atoms with Crippen molar-refractivity contribution in [2.45, 2.75) is 26.3 Å². The topological polar surface area (TPSA) is 58.2 Å². The number of halogens is 1. The van der Waals surface area contributed by atoms with Crippen LogP contribution in [0, 0.1) is 5.82 Å². The predicted molar refractivity (Wildman–Crippen MR) is 91.3 cm³/mol. The molecule has 4 nitrogen and oxygen atoms in total. The first-order chi connectivity index (χ1) is 11.6. The van der Waals surface area contributed by atoms with Gasteiger partial charge in [0.25, 0.3) is 11.8 Å². The Bertz CT molecular complexity index is 682. The number of unbranched alkanes of at least 4 members (excludes halogenated alkanes) is 1. The van der Waals surface area contributed by atoms with E-state index in [1.165, 1.54) is 12.1 Å². The average Bonchev–Trinajstić information content (AvgIpc) is 2.61. The van der Waals surface area contributed by atoms with Crippen molar-refractivity contribution in [2.24, 2.45) is 0 Å². The Labute approximate surface area is 141 Å². The molecule has 0 bridgehead atoms. The highest BCUT2D eigenvalue weighted by molar-refractivity contribution is 5.97. The Morgan fingerprint density at radius 2 is 1.42 bits per heavy atom. The van der Waals surface area contributed by atoms with Gasteiger partial charge in [-0.3, -0.25) is 9.59 Å². The minimum atomic E-state index is -0.308. The molecule has 2 aromatic rings. The molecule has 0 spiro atoms. The fourth-order valence-electron chi connectivity index (χ4n) is 2.14. The van der Waals surface area contributed by atoms with Crippen LogP contribution in [0.3, 0.4) is 0 Å². The average molecular weight is 328 g/mol. The Kier molecular flexibility index (Phi) is 6.49. The third kappa shape index (κ3) is 5.19. The van der Waals surface area contributed by atoms with Crippen LogP contribution in [0.5, 0.6) is 0 Å². The highest BCUT2D eigenvalue weighted by Gasteiger charge is 2.08. The van der Waals surface area contributed by atoms with Gasteiger partial charge in [0.05, 0.1) is 0 Å². The van der Waals surface area contributed by atoms with Crippen molar-refractivity contribution in [3.8, 4) is 0 Å². The minimum Gasteiger partial charge on any atom is -0.352 e. The number of hydrogen-bond donors (Lipinski definition) is 2. The van der Waals surface area contributed by atoms with E-state index in [4.69, 9.17) is 0 Å². The second kappa shape index (κ2) is 8.82. The first-order valence-corrected chi connectivity index (χ1v) is 8.01. The summed E-state index contributed by atoms with van der Waals surface area (Å²) in [5, 5.41) is 5.59. The maximum absolute atomic E-state index is 12.8. The molecule has 2 N–H and O–H groups in total. The number of amides is 2. The Morgan fingerprint density at radius 3 is 1.96 bits per heavy atom. The molecular formula is C19H21FN2O2. The second-order valence-electron chi connectivity index (χ2n) is 5.50. The lowest BCUT2D eigenvalue weighted by molar-refractivity contribution is 0.0940. The van der Waals surface area contributed by atoms with Crippen molar-refractivity contribution < 1.29 is 14.0 Å². The SMILES string of the molecule is CCCCNC(=O)c1ccc(C(=O)NCc2ccc(F)cc2)cc1. The monoisotopic (exact) mass is 328 g/mol. The van der Waals surface area contributed by atoms with E-state index in [0.29, 0.717) is 24.2 Å². The Morgan fingerprint density at radius 1 is 0.875 bits per heavy atom. The van der Waals surface area contributed by atoms with Gasteiger partial charge >= 0.3 is 0 Å². The summed E-state index contributed by atoms with van der Waals surface area (Å²) in [7, 11) is 0. The van der Waals surface area contributed by atoms with Gasteiger partial charge < -0.3 is 10.6 Å². The van der Waals surface area contributed by atoms with Crippen molar-refractivity contribution >= 4 is 11.8 Å². The van der Waals surface area contributed by atoms with Gasteiger partial charge in [-0.2, -0.15) is 0 Å². The maximum Gasteiger partial charge on any atom is 0.251 e. The van der Waals surface area contributed by atoms with Gasteiger partial charge in [0, 0.05) is 24.2 Å².